The van der Waals surface area contributed by atoms with E-state index in [2.05, 4.69) is 20.2 Å². The number of piperidine rings is 1. The predicted molar refractivity (Wildman–Crippen MR) is 108 cm³/mol. The van der Waals surface area contributed by atoms with E-state index in [1.165, 1.54) is 10.6 Å². The van der Waals surface area contributed by atoms with E-state index >= 15 is 0 Å². The van der Waals surface area contributed by atoms with Crippen LogP contribution in [0.3, 0.4) is 0 Å². The highest BCUT2D eigenvalue weighted by atomic mass is 32.2. The molecule has 1 atom stereocenters. The van der Waals surface area contributed by atoms with E-state index in [1.807, 2.05) is 13.8 Å². The van der Waals surface area contributed by atoms with Crippen LogP contribution in [0.2, 0.25) is 0 Å². The van der Waals surface area contributed by atoms with Gasteiger partial charge in [-0.3, -0.25) is 0 Å². The molecule has 0 aliphatic carbocycles. The normalized spacial score (nSPS) is 17.7. The zero-order chi connectivity index (χ0) is 21.1. The van der Waals surface area contributed by atoms with Crippen LogP contribution in [-0.4, -0.2) is 52.6 Å². The van der Waals surface area contributed by atoms with E-state index in [9.17, 15) is 8.42 Å². The van der Waals surface area contributed by atoms with E-state index in [4.69, 9.17) is 9.15 Å². The summed E-state index contributed by atoms with van der Waals surface area (Å²) in [6, 6.07) is 6.50. The molecule has 0 bridgehead atoms. The Hall–Kier alpha value is -2.85. The molecule has 2 aromatic heterocycles. The highest BCUT2D eigenvalue weighted by Crippen LogP contribution is 2.31. The fourth-order valence-electron chi connectivity index (χ4n) is 3.50. The molecule has 1 saturated heterocycles. The van der Waals surface area contributed by atoms with Crippen LogP contribution in [0.15, 0.2) is 46.1 Å². The van der Waals surface area contributed by atoms with E-state index in [0.717, 1.165) is 12.1 Å². The summed E-state index contributed by atoms with van der Waals surface area (Å²) in [5.41, 5.74) is 1.41. The fraction of sp³-hybridized carbons (Fsp3) is 0.400. The third kappa shape index (κ3) is 4.05. The van der Waals surface area contributed by atoms with Gasteiger partial charge in [0.15, 0.2) is 0 Å². The second-order valence-corrected chi connectivity index (χ2v) is 9.01. The van der Waals surface area contributed by atoms with Crippen LogP contribution in [0.5, 0.6) is 5.75 Å². The summed E-state index contributed by atoms with van der Waals surface area (Å²) in [7, 11) is -3.62. The number of hydrogen-bond donors (Lipinski definition) is 0. The zero-order valence-corrected chi connectivity index (χ0v) is 17.7. The zero-order valence-electron chi connectivity index (χ0n) is 16.9. The Balaban J connectivity index is 1.53. The lowest BCUT2D eigenvalue weighted by atomic mass is 10.00. The van der Waals surface area contributed by atoms with Gasteiger partial charge in [-0.25, -0.2) is 18.4 Å². The molecule has 3 aromatic rings. The number of aryl methyl sites for hydroxylation is 1. The van der Waals surface area contributed by atoms with Crippen molar-refractivity contribution in [2.45, 2.75) is 37.5 Å². The van der Waals surface area contributed by atoms with Crippen molar-refractivity contribution in [3.05, 3.63) is 48.4 Å². The maximum absolute atomic E-state index is 13.1. The maximum atomic E-state index is 13.1. The molecule has 0 saturated carbocycles. The molecular formula is C20H23N5O4S. The lowest BCUT2D eigenvalue weighted by Crippen LogP contribution is -2.39. The molecule has 1 fully saturated rings. The van der Waals surface area contributed by atoms with E-state index in [0.29, 0.717) is 49.2 Å². The first-order chi connectivity index (χ1) is 14.5. The van der Waals surface area contributed by atoms with Crippen molar-refractivity contribution < 1.29 is 17.6 Å². The van der Waals surface area contributed by atoms with Crippen molar-refractivity contribution in [3.8, 4) is 17.2 Å². The number of rotatable bonds is 6. The first kappa shape index (κ1) is 20.4. The Morgan fingerprint density at radius 3 is 2.77 bits per heavy atom. The van der Waals surface area contributed by atoms with Gasteiger partial charge < -0.3 is 9.15 Å². The first-order valence-corrected chi connectivity index (χ1v) is 11.3. The van der Waals surface area contributed by atoms with Gasteiger partial charge in [-0.2, -0.15) is 4.31 Å². The Kier molecular flexibility index (Phi) is 5.78. The molecule has 0 radical (unpaired) electrons. The van der Waals surface area contributed by atoms with Crippen LogP contribution >= 0.6 is 0 Å². The van der Waals surface area contributed by atoms with Gasteiger partial charge in [-0.15, -0.1) is 10.2 Å². The van der Waals surface area contributed by atoms with Crippen LogP contribution in [0.25, 0.3) is 11.5 Å². The number of benzene rings is 1. The average molecular weight is 430 g/mol. The summed E-state index contributed by atoms with van der Waals surface area (Å²) in [5, 5.41) is 8.28. The molecule has 1 unspecified atom stereocenters. The smallest absolute Gasteiger partial charge is 0.251 e. The van der Waals surface area contributed by atoms with Crippen molar-refractivity contribution in [2.75, 3.05) is 19.7 Å². The number of hydrogen-bond acceptors (Lipinski definition) is 8. The molecule has 1 aromatic carbocycles. The monoisotopic (exact) mass is 429 g/mol. The first-order valence-electron chi connectivity index (χ1n) is 9.82. The lowest BCUT2D eigenvalue weighted by Gasteiger charge is -2.30. The largest absolute Gasteiger partial charge is 0.494 e. The second-order valence-electron chi connectivity index (χ2n) is 7.07. The Labute approximate surface area is 175 Å². The molecule has 1 aliphatic heterocycles. The summed E-state index contributed by atoms with van der Waals surface area (Å²) in [4.78, 5) is 8.39. The Morgan fingerprint density at radius 2 is 2.03 bits per heavy atom. The molecule has 30 heavy (non-hydrogen) atoms. The van der Waals surface area contributed by atoms with Crippen molar-refractivity contribution >= 4 is 10.0 Å². The molecular weight excluding hydrogens is 406 g/mol. The third-order valence-corrected chi connectivity index (χ3v) is 6.97. The van der Waals surface area contributed by atoms with Crippen molar-refractivity contribution in [1.29, 1.82) is 0 Å². The van der Waals surface area contributed by atoms with Crippen LogP contribution in [0.4, 0.5) is 0 Å². The van der Waals surface area contributed by atoms with Crippen LogP contribution in [0, 0.1) is 6.92 Å². The van der Waals surface area contributed by atoms with Gasteiger partial charge in [0.2, 0.25) is 15.9 Å². The van der Waals surface area contributed by atoms with Gasteiger partial charge in [0.25, 0.3) is 5.89 Å². The summed E-state index contributed by atoms with van der Waals surface area (Å²) in [5.74, 6) is 1.25. The van der Waals surface area contributed by atoms with E-state index in [1.54, 1.807) is 30.5 Å². The lowest BCUT2D eigenvalue weighted by molar-refractivity contribution is 0.286. The van der Waals surface area contributed by atoms with Gasteiger partial charge >= 0.3 is 0 Å². The molecule has 4 rings (SSSR count). The minimum atomic E-state index is -3.62. The predicted octanol–water partition coefficient (Wildman–Crippen LogP) is 2.80. The highest BCUT2D eigenvalue weighted by Gasteiger charge is 2.33. The van der Waals surface area contributed by atoms with Crippen LogP contribution < -0.4 is 4.74 Å². The molecule has 0 spiro atoms. The molecule has 158 valence electrons. The summed E-state index contributed by atoms with van der Waals surface area (Å²) < 4.78 is 39.0. The summed E-state index contributed by atoms with van der Waals surface area (Å²) in [6.07, 6.45) is 4.58. The number of aromatic nitrogens is 4. The highest BCUT2D eigenvalue weighted by molar-refractivity contribution is 7.89. The Bertz CT molecular complexity index is 1110. The second kappa shape index (κ2) is 8.49. The van der Waals surface area contributed by atoms with Crippen molar-refractivity contribution in [2.24, 2.45) is 0 Å². The average Bonchev–Trinajstić information content (AvgIpc) is 3.25. The molecule has 0 amide bonds. The Morgan fingerprint density at radius 1 is 1.23 bits per heavy atom. The van der Waals surface area contributed by atoms with Gasteiger partial charge in [-0.05, 0) is 51.0 Å². The minimum Gasteiger partial charge on any atom is -0.494 e. The summed E-state index contributed by atoms with van der Waals surface area (Å²) in [6.45, 7) is 5.00. The maximum Gasteiger partial charge on any atom is 0.251 e. The van der Waals surface area contributed by atoms with Gasteiger partial charge in [0.1, 0.15) is 12.1 Å². The van der Waals surface area contributed by atoms with Crippen molar-refractivity contribution in [1.82, 2.24) is 24.5 Å². The number of ether oxygens (including phenoxy) is 1. The van der Waals surface area contributed by atoms with Crippen LogP contribution in [-0.2, 0) is 10.0 Å². The minimum absolute atomic E-state index is 0.164. The van der Waals surface area contributed by atoms with Crippen molar-refractivity contribution in [3.63, 3.8) is 0 Å². The SMILES string of the molecule is CCOc1ccc(S(=O)(=O)N2CCCC(c3nnc(-c4cncnc4C)o3)C2)cc1. The van der Waals surface area contributed by atoms with Crippen LogP contribution in [0.1, 0.15) is 37.3 Å². The molecule has 1 aliphatic rings. The quantitative estimate of drug-likeness (QED) is 0.588. The molecule has 0 N–H and O–H groups in total. The molecule has 10 heteroatoms. The molecule has 3 heterocycles. The fourth-order valence-corrected chi connectivity index (χ4v) is 5.02. The standard InChI is InChI=1S/C20H23N5O4S/c1-3-28-16-6-8-17(9-7-16)30(26,27)25-10-4-5-15(12-25)19-23-24-20(29-19)18-11-21-13-22-14(18)2/h6-9,11,13,15H,3-5,10,12H2,1-2H3. The number of sulfonamides is 1. The number of nitrogens with zero attached hydrogens (tertiary/aromatic N) is 5. The van der Waals surface area contributed by atoms with E-state index in [-0.39, 0.29) is 10.8 Å². The van der Waals surface area contributed by atoms with Gasteiger partial charge in [0, 0.05) is 19.3 Å². The summed E-state index contributed by atoms with van der Waals surface area (Å²) >= 11 is 0. The van der Waals surface area contributed by atoms with Gasteiger partial charge in [0.05, 0.1) is 28.7 Å². The van der Waals surface area contributed by atoms with Gasteiger partial charge in [-0.1, -0.05) is 0 Å². The third-order valence-electron chi connectivity index (χ3n) is 5.09. The molecule has 9 nitrogen and oxygen atoms in total. The topological polar surface area (TPSA) is 111 Å². The van der Waals surface area contributed by atoms with E-state index < -0.39 is 10.0 Å².